The van der Waals surface area contributed by atoms with Crippen LogP contribution in [0.2, 0.25) is 0 Å². The molecule has 3 nitrogen and oxygen atoms in total. The second-order valence-electron chi connectivity index (χ2n) is 0.0816. The molecule has 0 aromatic carbocycles. The van der Waals surface area contributed by atoms with Gasteiger partial charge >= 0.3 is 53.5 Å². The molecule has 0 aliphatic heterocycles. The fourth-order valence-corrected chi connectivity index (χ4v) is 0. The molecule has 6 heteroatoms. The molecule has 0 saturated carbocycles. The monoisotopic (exact) mass is 229 g/mol. The van der Waals surface area contributed by atoms with Crippen molar-refractivity contribution in [3.63, 3.8) is 0 Å². The van der Waals surface area contributed by atoms with Gasteiger partial charge in [0.25, 0.3) is 0 Å². The number of hydrogen-bond acceptors (Lipinski definition) is 2. The van der Waals surface area contributed by atoms with E-state index < -0.39 is 0 Å². The molecule has 0 aliphatic carbocycles. The van der Waals surface area contributed by atoms with Crippen LogP contribution in [0, 0.1) is 4.91 Å². The number of hydrogen-bond donors (Lipinski definition) is 1. The van der Waals surface area contributed by atoms with Crippen molar-refractivity contribution in [3.05, 3.63) is 4.91 Å². The van der Waals surface area contributed by atoms with E-state index in [2.05, 4.69) is 0 Å². The van der Waals surface area contributed by atoms with Gasteiger partial charge in [0.2, 0.25) is 0 Å². The molecule has 34 valence electrons. The van der Waals surface area contributed by atoms with Gasteiger partial charge in [-0.15, -0.1) is 17.3 Å². The molecule has 0 bridgehead atoms. The van der Waals surface area contributed by atoms with Crippen LogP contribution in [-0.4, -0.2) is 58.7 Å². The molecule has 0 aromatic rings. The molecule has 0 heterocycles. The summed E-state index contributed by atoms with van der Waals surface area (Å²) in [6.45, 7) is 0. The molecule has 0 amide bonds. The molecule has 2 radical (unpaired) electrons. The van der Waals surface area contributed by atoms with Crippen LogP contribution in [0.5, 0.6) is 0 Å². The Balaban J connectivity index is -0.00000000667. The average molecular weight is 228 g/mol. The van der Waals surface area contributed by atoms with E-state index in [0.717, 1.165) is 0 Å². The third kappa shape index (κ3) is 49.9. The van der Waals surface area contributed by atoms with E-state index in [-0.39, 0.29) is 65.9 Å². The Kier molecular flexibility index (Phi) is 136. The first-order valence-electron chi connectivity index (χ1n) is 0.383. The second-order valence-corrected chi connectivity index (χ2v) is 0.0816. The predicted molar refractivity (Wildman–Crippen MR) is 30.5 cm³/mol. The third-order valence-electron chi connectivity index (χ3n) is 0. The zero-order valence-electron chi connectivity index (χ0n) is 2.42. The van der Waals surface area contributed by atoms with E-state index in [1.54, 1.807) is 0 Å². The molecule has 0 fully saturated rings. The van der Waals surface area contributed by atoms with Gasteiger partial charge in [0.1, 0.15) is 0 Å². The summed E-state index contributed by atoms with van der Waals surface area (Å²) in [5.41, 5.74) is 0. The molecule has 0 aromatic heterocycles. The summed E-state index contributed by atoms with van der Waals surface area (Å²) >= 11 is 0. The molecule has 0 aliphatic rings. The zero-order valence-corrected chi connectivity index (χ0v) is 7.27. The van der Waals surface area contributed by atoms with Gasteiger partial charge in [-0.1, -0.05) is 0 Å². The van der Waals surface area contributed by atoms with E-state index in [9.17, 15) is 0 Å². The summed E-state index contributed by atoms with van der Waals surface area (Å²) in [5.74, 6) is 0. The fourth-order valence-electron chi connectivity index (χ4n) is 0. The van der Waals surface area contributed by atoms with Crippen molar-refractivity contribution in [2.24, 2.45) is 5.34 Å². The van der Waals surface area contributed by atoms with Gasteiger partial charge in [-0.05, 0) is 0 Å². The van der Waals surface area contributed by atoms with E-state index in [4.69, 9.17) is 10.1 Å². The normalized spacial score (nSPS) is 2.00. The van der Waals surface area contributed by atoms with Crippen molar-refractivity contribution in [1.29, 1.82) is 0 Å². The van der Waals surface area contributed by atoms with Gasteiger partial charge in [0.05, 0.1) is 0 Å². The Bertz CT molecular complexity index is 21.0. The Morgan fingerprint density at radius 2 is 1.50 bits per heavy atom. The molecule has 0 saturated heterocycles. The van der Waals surface area contributed by atoms with Crippen LogP contribution < -0.4 is 0 Å². The standard InChI is InChI=1S/ClH.HNO2.Na.Sn.3H/c;2-1-3;;;;;/h1H;(H,2,3);;;;;. The Hall–Kier alpha value is 1.49. The van der Waals surface area contributed by atoms with Crippen LogP contribution in [-0.2, 0) is 0 Å². The van der Waals surface area contributed by atoms with Crippen LogP contribution in [0.1, 0.15) is 0 Å². The summed E-state index contributed by atoms with van der Waals surface area (Å²) in [4.78, 5) is 8.11. The maximum absolute atomic E-state index is 8.11. The topological polar surface area (TPSA) is 49.7 Å². The van der Waals surface area contributed by atoms with Gasteiger partial charge in [-0.25, -0.2) is 0 Å². The van der Waals surface area contributed by atoms with E-state index in [1.165, 1.54) is 5.34 Å². The first-order valence-corrected chi connectivity index (χ1v) is 0.383. The van der Waals surface area contributed by atoms with Crippen molar-refractivity contribution < 1.29 is 5.21 Å². The molecule has 0 rings (SSSR count). The number of nitrogens with zero attached hydrogens (tertiary/aromatic N) is 1. The SMILES string of the molecule is Cl.O=NO.[NaH].[SnH2]. The van der Waals surface area contributed by atoms with Gasteiger partial charge in [0, 0.05) is 0 Å². The summed E-state index contributed by atoms with van der Waals surface area (Å²) in [5, 5.41) is 7.89. The summed E-state index contributed by atoms with van der Waals surface area (Å²) in [6, 6.07) is 0. The van der Waals surface area contributed by atoms with E-state index in [1.807, 2.05) is 0 Å². The molecule has 0 spiro atoms. The van der Waals surface area contributed by atoms with Crippen molar-refractivity contribution >= 4 is 65.9 Å². The van der Waals surface area contributed by atoms with Crippen molar-refractivity contribution in [2.75, 3.05) is 0 Å². The fraction of sp³-hybridized carbons (Fsp3) is 0. The van der Waals surface area contributed by atoms with Gasteiger partial charge in [-0.2, -0.15) is 0 Å². The Morgan fingerprint density at radius 3 is 1.50 bits per heavy atom. The van der Waals surface area contributed by atoms with Crippen molar-refractivity contribution in [2.45, 2.75) is 0 Å². The summed E-state index contributed by atoms with van der Waals surface area (Å²) in [6.07, 6.45) is 0. The van der Waals surface area contributed by atoms with Crippen LogP contribution in [0.25, 0.3) is 0 Å². The van der Waals surface area contributed by atoms with Gasteiger partial charge in [0.15, 0.2) is 5.34 Å². The Morgan fingerprint density at radius 1 is 1.50 bits per heavy atom. The first kappa shape index (κ1) is 25.9. The van der Waals surface area contributed by atoms with E-state index >= 15 is 0 Å². The van der Waals surface area contributed by atoms with E-state index in [0.29, 0.717) is 0 Å². The van der Waals surface area contributed by atoms with Crippen LogP contribution in [0.3, 0.4) is 0 Å². The second kappa shape index (κ2) is 31.6. The van der Waals surface area contributed by atoms with Crippen molar-refractivity contribution in [1.82, 2.24) is 0 Å². The van der Waals surface area contributed by atoms with Gasteiger partial charge < -0.3 is 5.21 Å². The average Bonchev–Trinajstić information content (AvgIpc) is 0.918. The first-order chi connectivity index (χ1) is 1.41. The molecule has 6 heavy (non-hydrogen) atoms. The van der Waals surface area contributed by atoms with Crippen LogP contribution in [0.4, 0.5) is 0 Å². The molecule has 0 atom stereocenters. The number of rotatable bonds is 0. The minimum atomic E-state index is 0. The van der Waals surface area contributed by atoms with Crippen LogP contribution in [0.15, 0.2) is 5.34 Å². The van der Waals surface area contributed by atoms with Gasteiger partial charge in [-0.3, -0.25) is 0 Å². The Labute approximate surface area is 80.5 Å². The molecule has 0 unspecified atom stereocenters. The zero-order chi connectivity index (χ0) is 2.71. The molecule has 1 N–H and O–H groups in total. The quantitative estimate of drug-likeness (QED) is 0.328. The minimum absolute atomic E-state index is 0. The maximum atomic E-state index is 8.11. The summed E-state index contributed by atoms with van der Waals surface area (Å²) < 4.78 is 0. The summed E-state index contributed by atoms with van der Waals surface area (Å²) in [7, 11) is 0. The third-order valence-corrected chi connectivity index (χ3v) is 0. The van der Waals surface area contributed by atoms with Crippen LogP contribution >= 0.6 is 12.4 Å². The van der Waals surface area contributed by atoms with Crippen molar-refractivity contribution in [3.8, 4) is 0 Å². The number of halogens is 1. The molecular formula is H5ClNNaO2Sn. The predicted octanol–water partition coefficient (Wildman–Crippen LogP) is -1.00. The molecular weight excluding hydrogens is 223 g/mol.